The molecule has 3 nitrogen and oxygen atoms in total. The van der Waals surface area contributed by atoms with Crippen molar-refractivity contribution in [1.29, 1.82) is 0 Å². The van der Waals surface area contributed by atoms with E-state index in [1.165, 1.54) is 0 Å². The molecular weight excluding hydrogens is 192 g/mol. The van der Waals surface area contributed by atoms with E-state index in [1.807, 2.05) is 0 Å². The molecule has 1 rings (SSSR count). The summed E-state index contributed by atoms with van der Waals surface area (Å²) in [5.41, 5.74) is 0.511. The van der Waals surface area contributed by atoms with E-state index in [0.29, 0.717) is 12.0 Å². The number of carbonyl (C=O) groups is 1. The van der Waals surface area contributed by atoms with Crippen molar-refractivity contribution in [3.63, 3.8) is 0 Å². The van der Waals surface area contributed by atoms with Crippen LogP contribution in [-0.4, -0.2) is 23.3 Å². The normalized spacial score (nSPS) is 21.5. The number of aliphatic carboxylic acids is 1. The Morgan fingerprint density at radius 3 is 2.80 bits per heavy atom. The maximum Gasteiger partial charge on any atom is 0.331 e. The molecule has 0 spiro atoms. The van der Waals surface area contributed by atoms with Crippen molar-refractivity contribution < 1.29 is 14.6 Å². The van der Waals surface area contributed by atoms with Crippen LogP contribution in [0.3, 0.4) is 0 Å². The SMILES string of the molecule is CCC(CC)OC1C=C(C(=O)O)CCC1. The molecule has 0 aromatic heterocycles. The van der Waals surface area contributed by atoms with Gasteiger partial charge in [0.05, 0.1) is 12.2 Å². The van der Waals surface area contributed by atoms with Gasteiger partial charge in [-0.2, -0.15) is 0 Å². The predicted octanol–water partition coefficient (Wildman–Crippen LogP) is 2.76. The first-order valence-corrected chi connectivity index (χ1v) is 5.76. The van der Waals surface area contributed by atoms with Gasteiger partial charge in [0.15, 0.2) is 0 Å². The van der Waals surface area contributed by atoms with Crippen LogP contribution in [0.5, 0.6) is 0 Å². The smallest absolute Gasteiger partial charge is 0.331 e. The number of carboxylic acid groups (broad SMARTS) is 1. The minimum Gasteiger partial charge on any atom is -0.478 e. The molecule has 0 fully saturated rings. The van der Waals surface area contributed by atoms with Gasteiger partial charge in [-0.1, -0.05) is 13.8 Å². The van der Waals surface area contributed by atoms with Gasteiger partial charge in [0.25, 0.3) is 0 Å². The Balaban J connectivity index is 2.55. The average molecular weight is 212 g/mol. The highest BCUT2D eigenvalue weighted by Crippen LogP contribution is 2.22. The van der Waals surface area contributed by atoms with Gasteiger partial charge in [-0.3, -0.25) is 0 Å². The maximum absolute atomic E-state index is 10.8. The lowest BCUT2D eigenvalue weighted by Gasteiger charge is -2.24. The van der Waals surface area contributed by atoms with Crippen molar-refractivity contribution in [1.82, 2.24) is 0 Å². The largest absolute Gasteiger partial charge is 0.478 e. The Kier molecular flexibility index (Phi) is 4.82. The molecule has 0 radical (unpaired) electrons. The van der Waals surface area contributed by atoms with Crippen LogP contribution in [0.4, 0.5) is 0 Å². The summed E-state index contributed by atoms with van der Waals surface area (Å²) in [5, 5.41) is 8.88. The lowest BCUT2D eigenvalue weighted by atomic mass is 9.97. The molecule has 1 aliphatic carbocycles. The van der Waals surface area contributed by atoms with Crippen molar-refractivity contribution >= 4 is 5.97 Å². The van der Waals surface area contributed by atoms with Gasteiger partial charge in [0.1, 0.15) is 0 Å². The summed E-state index contributed by atoms with van der Waals surface area (Å²) >= 11 is 0. The van der Waals surface area contributed by atoms with E-state index in [2.05, 4.69) is 13.8 Å². The summed E-state index contributed by atoms with van der Waals surface area (Å²) in [6, 6.07) is 0. The standard InChI is InChI=1S/C12H20O3/c1-3-10(4-2)15-11-7-5-6-9(8-11)12(13)14/h8,10-11H,3-7H2,1-2H3,(H,13,14). The second kappa shape index (κ2) is 5.91. The monoisotopic (exact) mass is 212 g/mol. The molecule has 1 aliphatic rings. The molecule has 1 unspecified atom stereocenters. The number of hydrogen-bond acceptors (Lipinski definition) is 2. The van der Waals surface area contributed by atoms with Crippen LogP contribution in [0, 0.1) is 0 Å². The fourth-order valence-electron chi connectivity index (χ4n) is 1.90. The van der Waals surface area contributed by atoms with Crippen LogP contribution in [0.25, 0.3) is 0 Å². The summed E-state index contributed by atoms with van der Waals surface area (Å²) in [4.78, 5) is 10.8. The van der Waals surface area contributed by atoms with Crippen LogP contribution >= 0.6 is 0 Å². The van der Waals surface area contributed by atoms with E-state index < -0.39 is 5.97 Å². The first kappa shape index (κ1) is 12.2. The Morgan fingerprint density at radius 1 is 1.60 bits per heavy atom. The molecule has 0 aliphatic heterocycles. The third-order valence-corrected chi connectivity index (χ3v) is 2.87. The third-order valence-electron chi connectivity index (χ3n) is 2.87. The van der Waals surface area contributed by atoms with Crippen molar-refractivity contribution in [3.05, 3.63) is 11.6 Å². The lowest BCUT2D eigenvalue weighted by molar-refractivity contribution is -0.133. The van der Waals surface area contributed by atoms with Crippen LogP contribution in [0.1, 0.15) is 46.0 Å². The van der Waals surface area contributed by atoms with E-state index in [9.17, 15) is 4.79 Å². The molecule has 0 bridgehead atoms. The topological polar surface area (TPSA) is 46.5 Å². The number of ether oxygens (including phenoxy) is 1. The Bertz CT molecular complexity index is 241. The molecule has 0 saturated carbocycles. The van der Waals surface area contributed by atoms with Crippen molar-refractivity contribution in [2.24, 2.45) is 0 Å². The van der Waals surface area contributed by atoms with Gasteiger partial charge in [0.2, 0.25) is 0 Å². The molecule has 0 heterocycles. The summed E-state index contributed by atoms with van der Waals surface area (Å²) in [5.74, 6) is -0.798. The van der Waals surface area contributed by atoms with Crippen LogP contribution < -0.4 is 0 Å². The summed E-state index contributed by atoms with van der Waals surface area (Å²) < 4.78 is 5.83. The number of carboxylic acids is 1. The van der Waals surface area contributed by atoms with Crippen molar-refractivity contribution in [3.8, 4) is 0 Å². The van der Waals surface area contributed by atoms with E-state index >= 15 is 0 Å². The first-order valence-electron chi connectivity index (χ1n) is 5.76. The van der Waals surface area contributed by atoms with Gasteiger partial charge < -0.3 is 9.84 Å². The van der Waals surface area contributed by atoms with Crippen molar-refractivity contribution in [2.45, 2.75) is 58.2 Å². The highest BCUT2D eigenvalue weighted by molar-refractivity contribution is 5.86. The molecular formula is C12H20O3. The van der Waals surface area contributed by atoms with E-state index in [0.717, 1.165) is 25.7 Å². The molecule has 0 saturated heterocycles. The molecule has 86 valence electrons. The molecule has 0 amide bonds. The van der Waals surface area contributed by atoms with E-state index in [4.69, 9.17) is 9.84 Å². The van der Waals surface area contributed by atoms with Gasteiger partial charge in [0, 0.05) is 5.57 Å². The van der Waals surface area contributed by atoms with Gasteiger partial charge in [-0.15, -0.1) is 0 Å². The molecule has 15 heavy (non-hydrogen) atoms. The molecule has 1 N–H and O–H groups in total. The zero-order valence-electron chi connectivity index (χ0n) is 9.53. The van der Waals surface area contributed by atoms with Crippen LogP contribution in [0.15, 0.2) is 11.6 Å². The van der Waals surface area contributed by atoms with Gasteiger partial charge in [-0.25, -0.2) is 4.79 Å². The van der Waals surface area contributed by atoms with Gasteiger partial charge >= 0.3 is 5.97 Å². The molecule has 0 aromatic carbocycles. The maximum atomic E-state index is 10.8. The van der Waals surface area contributed by atoms with E-state index in [-0.39, 0.29) is 12.2 Å². The van der Waals surface area contributed by atoms with Crippen LogP contribution in [0.2, 0.25) is 0 Å². The van der Waals surface area contributed by atoms with E-state index in [1.54, 1.807) is 6.08 Å². The second-order valence-corrected chi connectivity index (χ2v) is 4.00. The fourth-order valence-corrected chi connectivity index (χ4v) is 1.90. The summed E-state index contributed by atoms with van der Waals surface area (Å²) in [7, 11) is 0. The Hall–Kier alpha value is -0.830. The quantitative estimate of drug-likeness (QED) is 0.762. The number of rotatable bonds is 5. The first-order chi connectivity index (χ1) is 7.17. The minimum atomic E-state index is -0.798. The van der Waals surface area contributed by atoms with Gasteiger partial charge in [-0.05, 0) is 38.2 Å². The molecule has 1 atom stereocenters. The lowest BCUT2D eigenvalue weighted by Crippen LogP contribution is -2.23. The van der Waals surface area contributed by atoms with Crippen LogP contribution in [-0.2, 0) is 9.53 Å². The number of hydrogen-bond donors (Lipinski definition) is 1. The summed E-state index contributed by atoms with van der Waals surface area (Å²) in [6.45, 7) is 4.19. The predicted molar refractivity (Wildman–Crippen MR) is 58.8 cm³/mol. The fraction of sp³-hybridized carbons (Fsp3) is 0.750. The second-order valence-electron chi connectivity index (χ2n) is 4.00. The molecule has 3 heteroatoms. The Labute approximate surface area is 91.1 Å². The summed E-state index contributed by atoms with van der Waals surface area (Å²) in [6.07, 6.45) is 6.58. The zero-order valence-corrected chi connectivity index (χ0v) is 9.53. The minimum absolute atomic E-state index is 0.00903. The zero-order chi connectivity index (χ0) is 11.3. The van der Waals surface area contributed by atoms with Crippen molar-refractivity contribution in [2.75, 3.05) is 0 Å². The Morgan fingerprint density at radius 2 is 2.27 bits per heavy atom. The average Bonchev–Trinajstić information content (AvgIpc) is 2.26. The molecule has 0 aromatic rings. The highest BCUT2D eigenvalue weighted by Gasteiger charge is 2.20. The third kappa shape index (κ3) is 3.67. The highest BCUT2D eigenvalue weighted by atomic mass is 16.5.